The standard InChI is InChI=1S/C23H30FNO2/c1-6-18-21(22(26)27-7-2)20(15-8-9-17(24)14(3)12-15)16-10-11-23(4,5)13-19(16)25-18/h8-9,12,16,20H,6-7,10-11,13H2,1-5H3. The number of aliphatic imine (C=N–C) groups is 1. The number of halogens is 1. The molecule has 0 N–H and O–H groups in total. The molecule has 2 unspecified atom stereocenters. The molecule has 4 heteroatoms. The van der Waals surface area contributed by atoms with Crippen molar-refractivity contribution in [3.8, 4) is 0 Å². The van der Waals surface area contributed by atoms with Gasteiger partial charge >= 0.3 is 5.97 Å². The molecule has 27 heavy (non-hydrogen) atoms. The molecule has 1 aromatic rings. The van der Waals surface area contributed by atoms with Crippen LogP contribution in [0.4, 0.5) is 4.39 Å². The highest BCUT2D eigenvalue weighted by Gasteiger charge is 2.43. The summed E-state index contributed by atoms with van der Waals surface area (Å²) in [5.74, 6) is -0.431. The van der Waals surface area contributed by atoms with Gasteiger partial charge in [-0.15, -0.1) is 0 Å². The van der Waals surface area contributed by atoms with E-state index in [1.54, 1.807) is 6.92 Å². The van der Waals surface area contributed by atoms with Gasteiger partial charge < -0.3 is 4.74 Å². The van der Waals surface area contributed by atoms with Gasteiger partial charge in [0, 0.05) is 17.5 Å². The molecular formula is C23H30FNO2. The summed E-state index contributed by atoms with van der Waals surface area (Å²) in [7, 11) is 0. The van der Waals surface area contributed by atoms with Gasteiger partial charge in [0.25, 0.3) is 0 Å². The number of hydrogen-bond donors (Lipinski definition) is 0. The van der Waals surface area contributed by atoms with Crippen molar-refractivity contribution in [1.82, 2.24) is 0 Å². The average Bonchev–Trinajstić information content (AvgIpc) is 2.61. The third-order valence-electron chi connectivity index (χ3n) is 5.89. The first-order valence-electron chi connectivity index (χ1n) is 10.0. The quantitative estimate of drug-likeness (QED) is 0.634. The van der Waals surface area contributed by atoms with Crippen molar-refractivity contribution < 1.29 is 13.9 Å². The highest BCUT2D eigenvalue weighted by atomic mass is 19.1. The van der Waals surface area contributed by atoms with Crippen LogP contribution in [0.3, 0.4) is 0 Å². The minimum absolute atomic E-state index is 0.109. The number of esters is 1. The minimum atomic E-state index is -0.283. The number of rotatable bonds is 4. The van der Waals surface area contributed by atoms with E-state index < -0.39 is 0 Å². The highest BCUT2D eigenvalue weighted by molar-refractivity contribution is 5.98. The van der Waals surface area contributed by atoms with Gasteiger partial charge in [-0.1, -0.05) is 32.9 Å². The van der Waals surface area contributed by atoms with Gasteiger partial charge in [-0.3, -0.25) is 4.99 Å². The van der Waals surface area contributed by atoms with E-state index in [1.165, 1.54) is 11.8 Å². The molecule has 3 nitrogen and oxygen atoms in total. The maximum absolute atomic E-state index is 13.9. The number of ether oxygens (including phenoxy) is 1. The van der Waals surface area contributed by atoms with Crippen LogP contribution in [0.15, 0.2) is 34.5 Å². The summed E-state index contributed by atoms with van der Waals surface area (Å²) in [6.45, 7) is 10.5. The summed E-state index contributed by atoms with van der Waals surface area (Å²) >= 11 is 0. The normalized spacial score (nSPS) is 24.3. The fourth-order valence-corrected chi connectivity index (χ4v) is 4.50. The Bertz CT molecular complexity index is 807. The Morgan fingerprint density at radius 3 is 2.70 bits per heavy atom. The Hall–Kier alpha value is -1.97. The van der Waals surface area contributed by atoms with Gasteiger partial charge in [0.2, 0.25) is 0 Å². The topological polar surface area (TPSA) is 38.7 Å². The Morgan fingerprint density at radius 1 is 1.33 bits per heavy atom. The van der Waals surface area contributed by atoms with Crippen molar-refractivity contribution in [2.45, 2.75) is 66.2 Å². The largest absolute Gasteiger partial charge is 0.463 e. The van der Waals surface area contributed by atoms with Crippen LogP contribution < -0.4 is 0 Å². The van der Waals surface area contributed by atoms with Gasteiger partial charge in [0.05, 0.1) is 17.9 Å². The van der Waals surface area contributed by atoms with E-state index in [2.05, 4.69) is 13.8 Å². The number of carbonyl (C=O) groups excluding carboxylic acids is 1. The lowest BCUT2D eigenvalue weighted by molar-refractivity contribution is -0.139. The van der Waals surface area contributed by atoms with Gasteiger partial charge in [0.15, 0.2) is 0 Å². The Balaban J connectivity index is 2.16. The van der Waals surface area contributed by atoms with Crippen molar-refractivity contribution in [2.24, 2.45) is 16.3 Å². The fourth-order valence-electron chi connectivity index (χ4n) is 4.50. The van der Waals surface area contributed by atoms with E-state index >= 15 is 0 Å². The van der Waals surface area contributed by atoms with Gasteiger partial charge in [0.1, 0.15) is 5.82 Å². The summed E-state index contributed by atoms with van der Waals surface area (Å²) < 4.78 is 19.3. The van der Waals surface area contributed by atoms with E-state index in [-0.39, 0.29) is 29.0 Å². The molecular weight excluding hydrogens is 341 g/mol. The first kappa shape index (κ1) is 19.8. The van der Waals surface area contributed by atoms with Gasteiger partial charge in [-0.25, -0.2) is 9.18 Å². The van der Waals surface area contributed by atoms with Crippen LogP contribution in [0.25, 0.3) is 0 Å². The summed E-state index contributed by atoms with van der Waals surface area (Å²) in [6, 6.07) is 5.22. The molecule has 0 aromatic heterocycles. The average molecular weight is 371 g/mol. The van der Waals surface area contributed by atoms with Crippen LogP contribution in [-0.2, 0) is 9.53 Å². The molecule has 0 spiro atoms. The fraction of sp³-hybridized carbons (Fsp3) is 0.565. The van der Waals surface area contributed by atoms with E-state index in [9.17, 15) is 9.18 Å². The lowest BCUT2D eigenvalue weighted by Gasteiger charge is -2.42. The number of aryl methyl sites for hydroxylation is 1. The molecule has 1 saturated carbocycles. The van der Waals surface area contributed by atoms with Gasteiger partial charge in [-0.05, 0) is 62.1 Å². The SMILES string of the molecule is CCOC(=O)C1=C(CC)N=C2CC(C)(C)CCC2C1c1ccc(F)c(C)c1. The lowest BCUT2D eigenvalue weighted by Crippen LogP contribution is -2.38. The van der Waals surface area contributed by atoms with Gasteiger partial charge in [-0.2, -0.15) is 0 Å². The predicted molar refractivity (Wildman–Crippen MR) is 106 cm³/mol. The second kappa shape index (κ2) is 7.57. The number of nitrogens with zero attached hydrogens (tertiary/aromatic N) is 1. The second-order valence-electron chi connectivity index (χ2n) is 8.51. The Kier molecular flexibility index (Phi) is 5.55. The third-order valence-corrected chi connectivity index (χ3v) is 5.89. The van der Waals surface area contributed by atoms with Crippen molar-refractivity contribution >= 4 is 11.7 Å². The van der Waals surface area contributed by atoms with Crippen LogP contribution >= 0.6 is 0 Å². The van der Waals surface area contributed by atoms with E-state index in [4.69, 9.17) is 9.73 Å². The zero-order valence-electron chi connectivity index (χ0n) is 17.1. The summed E-state index contributed by atoms with van der Waals surface area (Å²) in [5.41, 5.74) is 4.49. The molecule has 2 atom stereocenters. The number of carbonyl (C=O) groups is 1. The first-order valence-corrected chi connectivity index (χ1v) is 10.0. The van der Waals surface area contributed by atoms with Crippen molar-refractivity contribution in [1.29, 1.82) is 0 Å². The molecule has 1 fully saturated rings. The molecule has 1 aliphatic heterocycles. The highest BCUT2D eigenvalue weighted by Crippen LogP contribution is 2.49. The number of benzene rings is 1. The molecule has 1 aromatic carbocycles. The van der Waals surface area contributed by atoms with E-state index in [0.29, 0.717) is 24.2 Å². The monoisotopic (exact) mass is 371 g/mol. The number of hydrogen-bond acceptors (Lipinski definition) is 3. The second-order valence-corrected chi connectivity index (χ2v) is 8.51. The molecule has 146 valence electrons. The molecule has 0 bridgehead atoms. The van der Waals surface area contributed by atoms with Crippen molar-refractivity contribution in [3.05, 3.63) is 46.4 Å². The third kappa shape index (κ3) is 3.85. The summed E-state index contributed by atoms with van der Waals surface area (Å²) in [4.78, 5) is 17.8. The number of fused-ring (bicyclic) bond motifs is 1. The summed E-state index contributed by atoms with van der Waals surface area (Å²) in [5, 5.41) is 0. The maximum atomic E-state index is 13.9. The van der Waals surface area contributed by atoms with Crippen molar-refractivity contribution in [2.75, 3.05) is 6.61 Å². The Labute approximate surface area is 161 Å². The Morgan fingerprint density at radius 2 is 2.07 bits per heavy atom. The van der Waals surface area contributed by atoms with Crippen LogP contribution in [-0.4, -0.2) is 18.3 Å². The first-order chi connectivity index (χ1) is 12.8. The van der Waals surface area contributed by atoms with E-state index in [0.717, 1.165) is 30.5 Å². The molecule has 1 aliphatic carbocycles. The van der Waals surface area contributed by atoms with Crippen LogP contribution in [0.2, 0.25) is 0 Å². The molecule has 2 aliphatic rings. The smallest absolute Gasteiger partial charge is 0.336 e. The van der Waals surface area contributed by atoms with E-state index in [1.807, 2.05) is 26.0 Å². The molecule has 3 rings (SSSR count). The molecule has 0 saturated heterocycles. The zero-order chi connectivity index (χ0) is 19.8. The number of allylic oxidation sites excluding steroid dienone is 1. The van der Waals surface area contributed by atoms with Crippen LogP contribution in [0.5, 0.6) is 0 Å². The predicted octanol–water partition coefficient (Wildman–Crippen LogP) is 5.73. The van der Waals surface area contributed by atoms with Crippen LogP contribution in [0, 0.1) is 24.1 Å². The maximum Gasteiger partial charge on any atom is 0.336 e. The molecule has 0 radical (unpaired) electrons. The van der Waals surface area contributed by atoms with Crippen LogP contribution in [0.1, 0.15) is 70.4 Å². The van der Waals surface area contributed by atoms with Crippen molar-refractivity contribution in [3.63, 3.8) is 0 Å². The lowest BCUT2D eigenvalue weighted by atomic mass is 9.64. The molecule has 0 amide bonds. The summed E-state index contributed by atoms with van der Waals surface area (Å²) in [6.07, 6.45) is 3.69. The zero-order valence-corrected chi connectivity index (χ0v) is 17.1. The minimum Gasteiger partial charge on any atom is -0.463 e. The molecule has 1 heterocycles.